The number of carboxylic acids is 1. The van der Waals surface area contributed by atoms with Gasteiger partial charge in [0.1, 0.15) is 5.54 Å². The molecule has 1 N–H and O–H groups in total. The summed E-state index contributed by atoms with van der Waals surface area (Å²) in [5, 5.41) is 9.69. The van der Waals surface area contributed by atoms with Crippen LogP contribution in [-0.4, -0.2) is 34.1 Å². The Hall–Kier alpha value is -0.570. The Morgan fingerprint density at radius 3 is 1.82 bits per heavy atom. The van der Waals surface area contributed by atoms with Gasteiger partial charge in [-0.3, -0.25) is 9.69 Å². The molecule has 0 saturated carbocycles. The number of rotatable bonds is 9. The van der Waals surface area contributed by atoms with Gasteiger partial charge in [0.05, 0.1) is 0 Å². The van der Waals surface area contributed by atoms with E-state index in [1.165, 1.54) is 0 Å². The zero-order valence-electron chi connectivity index (χ0n) is 12.1. The highest BCUT2D eigenvalue weighted by molar-refractivity contribution is 5.78. The van der Waals surface area contributed by atoms with Gasteiger partial charge in [0, 0.05) is 6.04 Å². The van der Waals surface area contributed by atoms with Crippen molar-refractivity contribution in [3.63, 3.8) is 0 Å². The molecule has 0 atom stereocenters. The Balaban J connectivity index is 5.25. The van der Waals surface area contributed by atoms with E-state index in [1.54, 1.807) is 0 Å². The lowest BCUT2D eigenvalue weighted by Gasteiger charge is -2.43. The lowest BCUT2D eigenvalue weighted by atomic mass is 9.85. The van der Waals surface area contributed by atoms with Gasteiger partial charge >= 0.3 is 5.97 Å². The highest BCUT2D eigenvalue weighted by atomic mass is 16.4. The molecule has 0 heterocycles. The van der Waals surface area contributed by atoms with E-state index in [0.717, 1.165) is 38.6 Å². The van der Waals surface area contributed by atoms with Crippen LogP contribution in [0.2, 0.25) is 0 Å². The Labute approximate surface area is 106 Å². The number of aliphatic carboxylic acids is 1. The molecule has 0 aromatic rings. The minimum Gasteiger partial charge on any atom is -0.480 e. The fraction of sp³-hybridized carbons (Fsp3) is 0.929. The van der Waals surface area contributed by atoms with Crippen molar-refractivity contribution >= 4 is 5.97 Å². The molecule has 0 aliphatic heterocycles. The zero-order valence-corrected chi connectivity index (χ0v) is 12.1. The molecule has 3 nitrogen and oxygen atoms in total. The van der Waals surface area contributed by atoms with Crippen LogP contribution in [0.4, 0.5) is 0 Å². The van der Waals surface area contributed by atoms with Crippen LogP contribution in [0.5, 0.6) is 0 Å². The van der Waals surface area contributed by atoms with Crippen molar-refractivity contribution in [3.05, 3.63) is 0 Å². The van der Waals surface area contributed by atoms with E-state index >= 15 is 0 Å². The van der Waals surface area contributed by atoms with Gasteiger partial charge < -0.3 is 5.11 Å². The largest absolute Gasteiger partial charge is 0.480 e. The summed E-state index contributed by atoms with van der Waals surface area (Å²) in [4.78, 5) is 14.0. The maximum Gasteiger partial charge on any atom is 0.324 e. The molecule has 17 heavy (non-hydrogen) atoms. The third-order valence-electron chi connectivity index (χ3n) is 3.36. The first-order valence-electron chi connectivity index (χ1n) is 6.96. The van der Waals surface area contributed by atoms with Crippen molar-refractivity contribution in [1.29, 1.82) is 0 Å². The van der Waals surface area contributed by atoms with Crippen molar-refractivity contribution < 1.29 is 9.90 Å². The molecule has 0 fully saturated rings. The molecule has 102 valence electrons. The second kappa shape index (κ2) is 7.70. The third-order valence-corrected chi connectivity index (χ3v) is 3.36. The minimum absolute atomic E-state index is 0.282. The molecule has 0 aliphatic rings. The molecule has 0 radical (unpaired) electrons. The van der Waals surface area contributed by atoms with Crippen LogP contribution in [-0.2, 0) is 4.79 Å². The van der Waals surface area contributed by atoms with Crippen molar-refractivity contribution in [2.75, 3.05) is 6.54 Å². The first-order chi connectivity index (χ1) is 7.96. The van der Waals surface area contributed by atoms with Gasteiger partial charge in [-0.1, -0.05) is 33.6 Å². The Bertz CT molecular complexity index is 220. The predicted molar refractivity (Wildman–Crippen MR) is 72.3 cm³/mol. The van der Waals surface area contributed by atoms with Crippen LogP contribution >= 0.6 is 0 Å². The molecule has 0 rings (SSSR count). The molecular formula is C14H29NO2. The van der Waals surface area contributed by atoms with Crippen molar-refractivity contribution in [2.24, 2.45) is 0 Å². The first kappa shape index (κ1) is 16.4. The van der Waals surface area contributed by atoms with Crippen LogP contribution in [0.25, 0.3) is 0 Å². The summed E-state index contributed by atoms with van der Waals surface area (Å²) < 4.78 is 0. The van der Waals surface area contributed by atoms with Crippen LogP contribution in [0, 0.1) is 0 Å². The molecule has 0 aromatic carbocycles. The Morgan fingerprint density at radius 2 is 1.59 bits per heavy atom. The molecular weight excluding hydrogens is 214 g/mol. The zero-order chi connectivity index (χ0) is 13.5. The van der Waals surface area contributed by atoms with Crippen LogP contribution in [0.1, 0.15) is 66.7 Å². The van der Waals surface area contributed by atoms with E-state index in [2.05, 4.69) is 39.5 Å². The molecule has 0 amide bonds. The predicted octanol–water partition coefficient (Wildman–Crippen LogP) is 3.53. The summed E-state index contributed by atoms with van der Waals surface area (Å²) in [6.45, 7) is 11.3. The molecule has 0 bridgehead atoms. The standard InChI is InChI=1S/C14H29NO2/c1-6-9-14(10-7-2,13(16)17)15(11-8-3)12(4)5/h12H,6-11H2,1-5H3,(H,16,17). The number of nitrogens with zero attached hydrogens (tertiary/aromatic N) is 1. The third kappa shape index (κ3) is 3.98. The van der Waals surface area contributed by atoms with E-state index in [0.29, 0.717) is 0 Å². The number of hydrogen-bond donors (Lipinski definition) is 1. The molecule has 0 saturated heterocycles. The lowest BCUT2D eigenvalue weighted by molar-refractivity contribution is -0.155. The summed E-state index contributed by atoms with van der Waals surface area (Å²) in [7, 11) is 0. The minimum atomic E-state index is -0.659. The highest BCUT2D eigenvalue weighted by Crippen LogP contribution is 2.30. The van der Waals surface area contributed by atoms with E-state index in [1.807, 2.05) is 0 Å². The number of carbonyl (C=O) groups is 1. The van der Waals surface area contributed by atoms with Crippen LogP contribution in [0.3, 0.4) is 0 Å². The summed E-state index contributed by atoms with van der Waals surface area (Å²) in [5.74, 6) is -0.650. The monoisotopic (exact) mass is 243 g/mol. The second-order valence-corrected chi connectivity index (χ2v) is 5.12. The van der Waals surface area contributed by atoms with Crippen LogP contribution < -0.4 is 0 Å². The highest BCUT2D eigenvalue weighted by Gasteiger charge is 2.43. The first-order valence-corrected chi connectivity index (χ1v) is 6.96. The van der Waals surface area contributed by atoms with Gasteiger partial charge in [0.15, 0.2) is 0 Å². The average molecular weight is 243 g/mol. The van der Waals surface area contributed by atoms with E-state index in [9.17, 15) is 9.90 Å². The molecule has 0 aromatic heterocycles. The molecule has 0 aliphatic carbocycles. The molecule has 3 heteroatoms. The second-order valence-electron chi connectivity index (χ2n) is 5.12. The smallest absolute Gasteiger partial charge is 0.324 e. The van der Waals surface area contributed by atoms with Gasteiger partial charge in [0.25, 0.3) is 0 Å². The average Bonchev–Trinajstić information content (AvgIpc) is 2.24. The van der Waals surface area contributed by atoms with Gasteiger partial charge in [-0.25, -0.2) is 0 Å². The summed E-state index contributed by atoms with van der Waals surface area (Å²) >= 11 is 0. The van der Waals surface area contributed by atoms with E-state index < -0.39 is 11.5 Å². The quantitative estimate of drug-likeness (QED) is 0.673. The van der Waals surface area contributed by atoms with Gasteiger partial charge in [-0.2, -0.15) is 0 Å². The summed E-state index contributed by atoms with van der Waals surface area (Å²) in [6.07, 6.45) is 4.32. The van der Waals surface area contributed by atoms with E-state index in [-0.39, 0.29) is 6.04 Å². The van der Waals surface area contributed by atoms with Crippen molar-refractivity contribution in [2.45, 2.75) is 78.3 Å². The summed E-state index contributed by atoms with van der Waals surface area (Å²) in [5.41, 5.74) is -0.659. The van der Waals surface area contributed by atoms with Gasteiger partial charge in [-0.15, -0.1) is 0 Å². The van der Waals surface area contributed by atoms with Gasteiger partial charge in [0.2, 0.25) is 0 Å². The maximum atomic E-state index is 11.8. The fourth-order valence-corrected chi connectivity index (χ4v) is 2.78. The van der Waals surface area contributed by atoms with Crippen molar-refractivity contribution in [3.8, 4) is 0 Å². The lowest BCUT2D eigenvalue weighted by Crippen LogP contribution is -2.57. The SMILES string of the molecule is CCCN(C(C)C)C(CCC)(CCC)C(=O)O. The van der Waals surface area contributed by atoms with Crippen LogP contribution in [0.15, 0.2) is 0 Å². The normalized spacial score (nSPS) is 12.4. The Kier molecular flexibility index (Phi) is 7.44. The Morgan fingerprint density at radius 1 is 1.12 bits per heavy atom. The van der Waals surface area contributed by atoms with Crippen molar-refractivity contribution in [1.82, 2.24) is 4.90 Å². The molecule has 0 spiro atoms. The topological polar surface area (TPSA) is 40.5 Å². The van der Waals surface area contributed by atoms with Gasteiger partial charge in [-0.05, 0) is 39.7 Å². The number of hydrogen-bond acceptors (Lipinski definition) is 2. The summed E-state index contributed by atoms with van der Waals surface area (Å²) in [6, 6.07) is 0.282. The van der Waals surface area contributed by atoms with E-state index in [4.69, 9.17) is 0 Å². The molecule has 0 unspecified atom stereocenters. The fourth-order valence-electron chi connectivity index (χ4n) is 2.78. The number of carboxylic acid groups (broad SMARTS) is 1. The maximum absolute atomic E-state index is 11.8.